The van der Waals surface area contributed by atoms with E-state index in [9.17, 15) is 9.59 Å². The molecular formula is C20H17Br2N5O3. The van der Waals surface area contributed by atoms with Crippen LogP contribution in [0.5, 0.6) is 5.75 Å². The summed E-state index contributed by atoms with van der Waals surface area (Å²) in [5.41, 5.74) is 2.44. The zero-order valence-electron chi connectivity index (χ0n) is 15.9. The summed E-state index contributed by atoms with van der Waals surface area (Å²) in [6, 6.07) is 10.6. The summed E-state index contributed by atoms with van der Waals surface area (Å²) < 4.78 is 9.26. The molecule has 2 heterocycles. The molecule has 0 aliphatic carbocycles. The minimum absolute atomic E-state index is 0.158. The van der Waals surface area contributed by atoms with Gasteiger partial charge in [0.2, 0.25) is 11.9 Å². The second-order valence-corrected chi connectivity index (χ2v) is 8.55. The van der Waals surface area contributed by atoms with E-state index in [1.54, 1.807) is 10.7 Å². The van der Waals surface area contributed by atoms with Gasteiger partial charge in [-0.1, -0.05) is 31.9 Å². The van der Waals surface area contributed by atoms with Gasteiger partial charge in [0.25, 0.3) is 5.91 Å². The Kier molecular flexibility index (Phi) is 5.87. The number of carbonyl (C=O) groups is 2. The van der Waals surface area contributed by atoms with Crippen molar-refractivity contribution >= 4 is 55.3 Å². The van der Waals surface area contributed by atoms with E-state index in [1.165, 1.54) is 6.33 Å². The second-order valence-electron chi connectivity index (χ2n) is 6.78. The van der Waals surface area contributed by atoms with Crippen LogP contribution in [0.4, 0.5) is 11.6 Å². The number of nitrogens with one attached hydrogen (secondary N) is 2. The summed E-state index contributed by atoms with van der Waals surface area (Å²) in [7, 11) is 0. The van der Waals surface area contributed by atoms with Gasteiger partial charge in [-0.15, -0.1) is 0 Å². The Bertz CT molecular complexity index is 1130. The molecule has 30 heavy (non-hydrogen) atoms. The Labute approximate surface area is 189 Å². The molecule has 1 aromatic heterocycles. The first-order valence-electron chi connectivity index (χ1n) is 9.08. The summed E-state index contributed by atoms with van der Waals surface area (Å²) in [6.07, 6.45) is 1.58. The molecule has 2 aromatic carbocycles. The minimum Gasteiger partial charge on any atom is -0.483 e. The van der Waals surface area contributed by atoms with E-state index in [-0.39, 0.29) is 30.9 Å². The number of anilines is 2. The van der Waals surface area contributed by atoms with Crippen molar-refractivity contribution in [3.8, 4) is 5.75 Å². The Morgan fingerprint density at radius 3 is 2.93 bits per heavy atom. The van der Waals surface area contributed by atoms with Gasteiger partial charge in [-0.2, -0.15) is 10.1 Å². The lowest BCUT2D eigenvalue weighted by molar-refractivity contribution is -0.118. The highest BCUT2D eigenvalue weighted by Gasteiger charge is 2.30. The molecule has 0 bridgehead atoms. The zero-order chi connectivity index (χ0) is 21.3. The van der Waals surface area contributed by atoms with Gasteiger partial charge in [0.1, 0.15) is 12.1 Å². The van der Waals surface area contributed by atoms with Crippen molar-refractivity contribution in [3.05, 3.63) is 62.8 Å². The van der Waals surface area contributed by atoms with E-state index in [1.807, 2.05) is 37.3 Å². The largest absolute Gasteiger partial charge is 0.483 e. The molecule has 0 unspecified atom stereocenters. The van der Waals surface area contributed by atoms with Crippen molar-refractivity contribution in [3.63, 3.8) is 0 Å². The van der Waals surface area contributed by atoms with Gasteiger partial charge in [-0.05, 0) is 48.9 Å². The minimum atomic E-state index is -0.388. The quantitative estimate of drug-likeness (QED) is 0.514. The Hall–Kier alpha value is -2.72. The average Bonchev–Trinajstić information content (AvgIpc) is 3.17. The van der Waals surface area contributed by atoms with Crippen molar-refractivity contribution in [1.29, 1.82) is 0 Å². The number of aryl methyl sites for hydroxylation is 1. The Balaban J connectivity index is 1.52. The van der Waals surface area contributed by atoms with Gasteiger partial charge in [0.05, 0.1) is 12.5 Å². The number of hydrogen-bond donors (Lipinski definition) is 2. The van der Waals surface area contributed by atoms with E-state index in [2.05, 4.69) is 52.6 Å². The average molecular weight is 535 g/mol. The van der Waals surface area contributed by atoms with Crippen LogP contribution in [0.1, 0.15) is 23.6 Å². The van der Waals surface area contributed by atoms with Gasteiger partial charge in [0.15, 0.2) is 6.61 Å². The number of nitrogens with zero attached hydrogens (tertiary/aromatic N) is 3. The SMILES string of the molecule is Cc1cc(NC(=O)COc2ccc(Br)cc2[C@H]2CC(=O)Nc3ncnn32)ccc1Br. The number of ether oxygens (including phenoxy) is 1. The van der Waals surface area contributed by atoms with Crippen molar-refractivity contribution in [2.75, 3.05) is 17.2 Å². The summed E-state index contributed by atoms with van der Waals surface area (Å²) in [5.74, 6) is 0.440. The van der Waals surface area contributed by atoms with Gasteiger partial charge in [-0.25, -0.2) is 4.68 Å². The lowest BCUT2D eigenvalue weighted by Crippen LogP contribution is -2.30. The maximum Gasteiger partial charge on any atom is 0.262 e. The van der Waals surface area contributed by atoms with Crippen molar-refractivity contribution in [2.24, 2.45) is 0 Å². The first-order chi connectivity index (χ1) is 14.4. The van der Waals surface area contributed by atoms with Crippen LogP contribution in [0.3, 0.4) is 0 Å². The maximum atomic E-state index is 12.4. The molecule has 1 aliphatic rings. The molecule has 154 valence electrons. The fourth-order valence-corrected chi connectivity index (χ4v) is 3.85. The predicted octanol–water partition coefficient (Wildman–Crippen LogP) is 4.06. The van der Waals surface area contributed by atoms with Crippen LogP contribution in [-0.2, 0) is 9.59 Å². The molecule has 0 saturated heterocycles. The number of halogens is 2. The molecule has 0 radical (unpaired) electrons. The topological polar surface area (TPSA) is 98.1 Å². The smallest absolute Gasteiger partial charge is 0.262 e. The molecule has 2 amide bonds. The van der Waals surface area contributed by atoms with E-state index >= 15 is 0 Å². The van der Waals surface area contributed by atoms with E-state index in [4.69, 9.17) is 4.74 Å². The van der Waals surface area contributed by atoms with Crippen molar-refractivity contribution in [2.45, 2.75) is 19.4 Å². The molecule has 8 nitrogen and oxygen atoms in total. The number of benzene rings is 2. The van der Waals surface area contributed by atoms with E-state index < -0.39 is 0 Å². The highest BCUT2D eigenvalue weighted by atomic mass is 79.9. The third-order valence-corrected chi connectivity index (χ3v) is 6.01. The molecular weight excluding hydrogens is 518 g/mol. The summed E-state index contributed by atoms with van der Waals surface area (Å²) in [4.78, 5) is 28.6. The lowest BCUT2D eigenvalue weighted by atomic mass is 10.0. The number of aromatic nitrogens is 3. The van der Waals surface area contributed by atoms with Crippen molar-refractivity contribution in [1.82, 2.24) is 14.8 Å². The fourth-order valence-electron chi connectivity index (χ4n) is 3.22. The monoisotopic (exact) mass is 533 g/mol. The van der Waals surface area contributed by atoms with Crippen molar-refractivity contribution < 1.29 is 14.3 Å². The number of amides is 2. The number of hydrogen-bond acceptors (Lipinski definition) is 5. The third-order valence-electron chi connectivity index (χ3n) is 4.63. The molecule has 0 spiro atoms. The standard InChI is InChI=1S/C20H17Br2N5O3/c1-11-6-13(3-4-15(11)22)25-19(29)9-30-17-5-2-12(21)7-14(17)16-8-18(28)26-20-23-10-24-27(16)20/h2-7,10,16H,8-9H2,1H3,(H,25,29)(H,23,24,26,28)/t16-/m1/s1. The fraction of sp³-hybridized carbons (Fsp3) is 0.200. The van der Waals surface area contributed by atoms with Crippen LogP contribution in [-0.4, -0.2) is 33.2 Å². The Morgan fingerprint density at radius 1 is 1.30 bits per heavy atom. The highest BCUT2D eigenvalue weighted by Crippen LogP contribution is 2.36. The summed E-state index contributed by atoms with van der Waals surface area (Å²) >= 11 is 6.90. The molecule has 0 saturated carbocycles. The van der Waals surface area contributed by atoms with Gasteiger partial charge < -0.3 is 10.1 Å². The van der Waals surface area contributed by atoms with Gasteiger partial charge >= 0.3 is 0 Å². The van der Waals surface area contributed by atoms with E-state index in [0.717, 1.165) is 20.1 Å². The molecule has 2 N–H and O–H groups in total. The number of rotatable bonds is 5. The number of fused-ring (bicyclic) bond motifs is 1. The second kappa shape index (κ2) is 8.57. The first kappa shape index (κ1) is 20.5. The van der Waals surface area contributed by atoms with Gasteiger partial charge in [-0.3, -0.25) is 14.9 Å². The van der Waals surface area contributed by atoms with Gasteiger partial charge in [0, 0.05) is 20.2 Å². The zero-order valence-corrected chi connectivity index (χ0v) is 19.0. The maximum absolute atomic E-state index is 12.4. The normalized spacial score (nSPS) is 15.3. The first-order valence-corrected chi connectivity index (χ1v) is 10.7. The van der Waals surface area contributed by atoms with E-state index in [0.29, 0.717) is 17.4 Å². The molecule has 0 fully saturated rings. The van der Waals surface area contributed by atoms with Crippen LogP contribution in [0.15, 0.2) is 51.7 Å². The van der Waals surface area contributed by atoms with Crippen LogP contribution in [0.2, 0.25) is 0 Å². The van der Waals surface area contributed by atoms with Crippen LogP contribution < -0.4 is 15.4 Å². The lowest BCUT2D eigenvalue weighted by Gasteiger charge is -2.25. The number of carbonyl (C=O) groups excluding carboxylic acids is 2. The molecule has 4 rings (SSSR count). The summed E-state index contributed by atoms with van der Waals surface area (Å²) in [5, 5.41) is 9.74. The molecule has 3 aromatic rings. The Morgan fingerprint density at radius 2 is 2.13 bits per heavy atom. The third kappa shape index (κ3) is 4.39. The highest BCUT2D eigenvalue weighted by molar-refractivity contribution is 9.10. The molecule has 1 aliphatic heterocycles. The van der Waals surface area contributed by atoms with Crippen LogP contribution in [0, 0.1) is 6.92 Å². The van der Waals surface area contributed by atoms with Crippen LogP contribution in [0.25, 0.3) is 0 Å². The summed E-state index contributed by atoms with van der Waals surface area (Å²) in [6.45, 7) is 1.77. The van der Waals surface area contributed by atoms with Crippen LogP contribution >= 0.6 is 31.9 Å². The molecule has 10 heteroatoms. The predicted molar refractivity (Wildman–Crippen MR) is 119 cm³/mol. The molecule has 1 atom stereocenters.